The smallest absolute Gasteiger partial charge is 0.399 e. The van der Waals surface area contributed by atoms with Crippen LogP contribution in [0.5, 0.6) is 0 Å². The van der Waals surface area contributed by atoms with E-state index in [1.165, 1.54) is 12.1 Å². The molecule has 0 unspecified atom stereocenters. The molecule has 1 saturated heterocycles. The zero-order valence-electron chi connectivity index (χ0n) is 13.7. The minimum Gasteiger partial charge on any atom is -0.399 e. The van der Waals surface area contributed by atoms with Crippen LogP contribution in [0.4, 0.5) is 18.9 Å². The molecule has 0 aromatic heterocycles. The Morgan fingerprint density at radius 3 is 2.09 bits per heavy atom. The van der Waals surface area contributed by atoms with E-state index in [1.807, 2.05) is 27.7 Å². The second-order valence-corrected chi connectivity index (χ2v) is 6.57. The van der Waals surface area contributed by atoms with Crippen molar-refractivity contribution in [1.82, 2.24) is 0 Å². The van der Waals surface area contributed by atoms with Gasteiger partial charge in [0.15, 0.2) is 0 Å². The number of nitrogens with one attached hydrogen (secondary N) is 1. The number of hydrogen-bond acceptors (Lipinski definition) is 3. The third-order valence-electron chi connectivity index (χ3n) is 4.19. The summed E-state index contributed by atoms with van der Waals surface area (Å²) >= 11 is 0. The fourth-order valence-electron chi connectivity index (χ4n) is 2.22. The van der Waals surface area contributed by atoms with E-state index in [9.17, 15) is 18.0 Å². The lowest BCUT2D eigenvalue weighted by atomic mass is 9.78. The lowest BCUT2D eigenvalue weighted by Gasteiger charge is -2.32. The second kappa shape index (κ2) is 5.52. The SMILES string of the molecule is CC(=O)Nc1ccc(B2OC(C)(C)C(C)(C)O2)cc1C(F)(F)F. The lowest BCUT2D eigenvalue weighted by molar-refractivity contribution is -0.136. The molecule has 4 nitrogen and oxygen atoms in total. The number of anilines is 1. The molecule has 0 atom stereocenters. The minimum atomic E-state index is -4.60. The van der Waals surface area contributed by atoms with Crippen molar-refractivity contribution in [2.45, 2.75) is 52.0 Å². The monoisotopic (exact) mass is 329 g/mol. The van der Waals surface area contributed by atoms with Crippen LogP contribution in [0.25, 0.3) is 0 Å². The molecule has 1 amide bonds. The van der Waals surface area contributed by atoms with Crippen molar-refractivity contribution >= 4 is 24.2 Å². The van der Waals surface area contributed by atoms with Crippen LogP contribution in [0.2, 0.25) is 0 Å². The molecule has 1 fully saturated rings. The van der Waals surface area contributed by atoms with Crippen molar-refractivity contribution in [1.29, 1.82) is 0 Å². The van der Waals surface area contributed by atoms with Crippen LogP contribution in [0.3, 0.4) is 0 Å². The summed E-state index contributed by atoms with van der Waals surface area (Å²) in [5, 5.41) is 2.19. The average Bonchev–Trinajstić information content (AvgIpc) is 2.56. The van der Waals surface area contributed by atoms with E-state index in [4.69, 9.17) is 9.31 Å². The molecule has 1 aliphatic heterocycles. The van der Waals surface area contributed by atoms with Crippen LogP contribution in [0.15, 0.2) is 18.2 Å². The number of hydrogen-bond donors (Lipinski definition) is 1. The van der Waals surface area contributed by atoms with Gasteiger partial charge in [-0.3, -0.25) is 4.79 Å². The van der Waals surface area contributed by atoms with Crippen LogP contribution in [-0.4, -0.2) is 24.2 Å². The molecule has 1 heterocycles. The van der Waals surface area contributed by atoms with Gasteiger partial charge < -0.3 is 14.6 Å². The molecule has 0 aliphatic carbocycles. The Labute approximate surface area is 133 Å². The molecule has 0 spiro atoms. The largest absolute Gasteiger partial charge is 0.494 e. The van der Waals surface area contributed by atoms with Crippen LogP contribution in [0.1, 0.15) is 40.2 Å². The summed E-state index contributed by atoms with van der Waals surface area (Å²) in [6.45, 7) is 8.45. The molecule has 126 valence electrons. The highest BCUT2D eigenvalue weighted by molar-refractivity contribution is 6.62. The Bertz CT molecular complexity index is 613. The van der Waals surface area contributed by atoms with Crippen molar-refractivity contribution in [3.63, 3.8) is 0 Å². The molecule has 0 saturated carbocycles. The highest BCUT2D eigenvalue weighted by Gasteiger charge is 2.52. The van der Waals surface area contributed by atoms with Gasteiger partial charge >= 0.3 is 13.3 Å². The molecule has 23 heavy (non-hydrogen) atoms. The van der Waals surface area contributed by atoms with Gasteiger partial charge in [0, 0.05) is 6.92 Å². The zero-order valence-corrected chi connectivity index (χ0v) is 13.7. The highest BCUT2D eigenvalue weighted by Crippen LogP contribution is 2.38. The van der Waals surface area contributed by atoms with Gasteiger partial charge in [-0.15, -0.1) is 0 Å². The number of halogens is 3. The number of alkyl halides is 3. The maximum atomic E-state index is 13.2. The average molecular weight is 329 g/mol. The van der Waals surface area contributed by atoms with Gasteiger partial charge in [0.05, 0.1) is 22.5 Å². The van der Waals surface area contributed by atoms with E-state index in [0.29, 0.717) is 0 Å². The quantitative estimate of drug-likeness (QED) is 0.849. The topological polar surface area (TPSA) is 47.6 Å². The Hall–Kier alpha value is -1.54. The predicted molar refractivity (Wildman–Crippen MR) is 81.5 cm³/mol. The summed E-state index contributed by atoms with van der Waals surface area (Å²) in [5.41, 5.74) is -2.26. The second-order valence-electron chi connectivity index (χ2n) is 6.57. The van der Waals surface area contributed by atoms with E-state index >= 15 is 0 Å². The van der Waals surface area contributed by atoms with Crippen molar-refractivity contribution in [2.75, 3.05) is 5.32 Å². The van der Waals surface area contributed by atoms with Gasteiger partial charge in [0.2, 0.25) is 5.91 Å². The van der Waals surface area contributed by atoms with Crippen LogP contribution in [-0.2, 0) is 20.3 Å². The predicted octanol–water partition coefficient (Wildman–Crippen LogP) is 2.96. The summed E-state index contributed by atoms with van der Waals surface area (Å²) in [6, 6.07) is 3.63. The maximum Gasteiger partial charge on any atom is 0.494 e. The lowest BCUT2D eigenvalue weighted by Crippen LogP contribution is -2.41. The summed E-state index contributed by atoms with van der Waals surface area (Å²) in [5.74, 6) is -0.570. The molecule has 8 heteroatoms. The molecule has 1 aromatic rings. The first-order valence-electron chi connectivity index (χ1n) is 7.18. The summed E-state index contributed by atoms with van der Waals surface area (Å²) in [4.78, 5) is 11.1. The third kappa shape index (κ3) is 3.53. The molecular weight excluding hydrogens is 310 g/mol. The van der Waals surface area contributed by atoms with Gasteiger partial charge in [-0.2, -0.15) is 13.2 Å². The standard InChI is InChI=1S/C15H19BF3NO3/c1-9(21)20-12-7-6-10(8-11(12)15(17,18)19)16-22-13(2,3)14(4,5)23-16/h6-8H,1-5H3,(H,20,21). The normalized spacial score (nSPS) is 19.7. The van der Waals surface area contributed by atoms with E-state index < -0.39 is 36.0 Å². The fourth-order valence-corrected chi connectivity index (χ4v) is 2.22. The van der Waals surface area contributed by atoms with Gasteiger partial charge in [-0.1, -0.05) is 6.07 Å². The van der Waals surface area contributed by atoms with E-state index in [-0.39, 0.29) is 11.2 Å². The van der Waals surface area contributed by atoms with Gasteiger partial charge in [0.25, 0.3) is 0 Å². The van der Waals surface area contributed by atoms with Crippen LogP contribution in [0, 0.1) is 0 Å². The van der Waals surface area contributed by atoms with E-state index in [1.54, 1.807) is 0 Å². The van der Waals surface area contributed by atoms with Gasteiger partial charge in [0.1, 0.15) is 0 Å². The van der Waals surface area contributed by atoms with Gasteiger partial charge in [-0.05, 0) is 45.3 Å². The summed E-state index contributed by atoms with van der Waals surface area (Å²) in [6.07, 6.45) is -4.60. The Balaban J connectivity index is 2.41. The first-order chi connectivity index (χ1) is 10.3. The zero-order chi connectivity index (χ0) is 17.6. The molecule has 1 N–H and O–H groups in total. The third-order valence-corrected chi connectivity index (χ3v) is 4.19. The van der Waals surface area contributed by atoms with Crippen molar-refractivity contribution in [3.8, 4) is 0 Å². The Morgan fingerprint density at radius 1 is 1.13 bits per heavy atom. The Morgan fingerprint density at radius 2 is 1.65 bits per heavy atom. The van der Waals surface area contributed by atoms with E-state index in [2.05, 4.69) is 5.32 Å². The number of carbonyl (C=O) groups excluding carboxylic acids is 1. The molecule has 1 aromatic carbocycles. The van der Waals surface area contributed by atoms with Crippen LogP contribution >= 0.6 is 0 Å². The van der Waals surface area contributed by atoms with E-state index in [0.717, 1.165) is 13.0 Å². The van der Waals surface area contributed by atoms with Crippen molar-refractivity contribution < 1.29 is 27.3 Å². The number of carbonyl (C=O) groups is 1. The summed E-state index contributed by atoms with van der Waals surface area (Å²) < 4.78 is 51.2. The minimum absolute atomic E-state index is 0.255. The first kappa shape index (κ1) is 17.8. The van der Waals surface area contributed by atoms with Crippen molar-refractivity contribution in [3.05, 3.63) is 23.8 Å². The number of amides is 1. The van der Waals surface area contributed by atoms with Gasteiger partial charge in [-0.25, -0.2) is 0 Å². The molecule has 0 bridgehead atoms. The van der Waals surface area contributed by atoms with Crippen molar-refractivity contribution in [2.24, 2.45) is 0 Å². The number of rotatable bonds is 2. The molecule has 2 rings (SSSR count). The highest BCUT2D eigenvalue weighted by atomic mass is 19.4. The fraction of sp³-hybridized carbons (Fsp3) is 0.533. The maximum absolute atomic E-state index is 13.2. The molecular formula is C15H19BF3NO3. The van der Waals surface area contributed by atoms with Crippen LogP contribution < -0.4 is 10.8 Å². The summed E-state index contributed by atoms with van der Waals surface area (Å²) in [7, 11) is -0.896. The molecule has 1 aliphatic rings. The number of benzene rings is 1. The molecule has 0 radical (unpaired) electrons. The Kier molecular flexibility index (Phi) is 4.28. The first-order valence-corrected chi connectivity index (χ1v) is 7.18.